The van der Waals surface area contributed by atoms with Gasteiger partial charge in [0.15, 0.2) is 0 Å². The zero-order valence-electron chi connectivity index (χ0n) is 9.93. The van der Waals surface area contributed by atoms with Gasteiger partial charge in [-0.05, 0) is 11.7 Å². The third kappa shape index (κ3) is 2.56. The van der Waals surface area contributed by atoms with E-state index in [2.05, 4.69) is 66.5 Å². The molecular formula is C13H19N2P. The molecule has 1 aliphatic heterocycles. The summed E-state index contributed by atoms with van der Waals surface area (Å²) in [6, 6.07) is 10.7. The summed E-state index contributed by atoms with van der Waals surface area (Å²) in [5.41, 5.74) is 1.38. The Labute approximate surface area is 99.7 Å². The molecule has 0 N–H and O–H groups in total. The van der Waals surface area contributed by atoms with Gasteiger partial charge in [-0.2, -0.15) is 0 Å². The topological polar surface area (TPSA) is 6.48 Å². The maximum absolute atomic E-state index is 2.43. The SMILES string of the molecule is CCPC1N(C)C=CN1Cc1ccccc1. The van der Waals surface area contributed by atoms with E-state index >= 15 is 0 Å². The average molecular weight is 234 g/mol. The van der Waals surface area contributed by atoms with Crippen molar-refractivity contribution in [2.45, 2.75) is 19.4 Å². The lowest BCUT2D eigenvalue weighted by atomic mass is 10.2. The predicted octanol–water partition coefficient (Wildman–Crippen LogP) is 2.89. The van der Waals surface area contributed by atoms with Crippen molar-refractivity contribution in [3.8, 4) is 0 Å². The fraction of sp³-hybridized carbons (Fsp3) is 0.385. The fourth-order valence-electron chi connectivity index (χ4n) is 1.97. The molecule has 3 heteroatoms. The third-order valence-electron chi connectivity index (χ3n) is 2.79. The van der Waals surface area contributed by atoms with Crippen molar-refractivity contribution in [2.24, 2.45) is 0 Å². The minimum Gasteiger partial charge on any atom is -0.356 e. The molecule has 86 valence electrons. The predicted molar refractivity (Wildman–Crippen MR) is 71.5 cm³/mol. The van der Waals surface area contributed by atoms with Gasteiger partial charge in [0, 0.05) is 26.0 Å². The number of benzene rings is 1. The second-order valence-corrected chi connectivity index (χ2v) is 5.68. The van der Waals surface area contributed by atoms with Crippen LogP contribution in [-0.4, -0.2) is 28.9 Å². The molecule has 0 bridgehead atoms. The van der Waals surface area contributed by atoms with Crippen LogP contribution in [0.1, 0.15) is 12.5 Å². The molecule has 0 amide bonds. The van der Waals surface area contributed by atoms with Crippen LogP contribution in [-0.2, 0) is 6.54 Å². The lowest BCUT2D eigenvalue weighted by molar-refractivity contribution is 0.253. The molecule has 0 radical (unpaired) electrons. The highest BCUT2D eigenvalue weighted by molar-refractivity contribution is 7.38. The Balaban J connectivity index is 2.01. The smallest absolute Gasteiger partial charge is 0.117 e. The molecule has 0 aliphatic carbocycles. The number of nitrogens with zero attached hydrogens (tertiary/aromatic N) is 2. The van der Waals surface area contributed by atoms with E-state index < -0.39 is 0 Å². The molecule has 0 fully saturated rings. The lowest BCUT2D eigenvalue weighted by Gasteiger charge is -2.30. The van der Waals surface area contributed by atoms with Gasteiger partial charge in [0.25, 0.3) is 0 Å². The molecular weight excluding hydrogens is 215 g/mol. The Morgan fingerprint density at radius 1 is 1.19 bits per heavy atom. The van der Waals surface area contributed by atoms with Crippen molar-refractivity contribution in [3.05, 3.63) is 48.3 Å². The molecule has 0 saturated carbocycles. The first-order valence-corrected chi connectivity index (χ1v) is 7.03. The molecule has 1 aromatic rings. The first-order valence-electron chi connectivity index (χ1n) is 5.74. The summed E-state index contributed by atoms with van der Waals surface area (Å²) in [7, 11) is 3.13. The van der Waals surface area contributed by atoms with Gasteiger partial charge < -0.3 is 9.80 Å². The van der Waals surface area contributed by atoms with Gasteiger partial charge in [-0.3, -0.25) is 0 Å². The van der Waals surface area contributed by atoms with Crippen molar-refractivity contribution in [1.29, 1.82) is 0 Å². The van der Waals surface area contributed by atoms with Gasteiger partial charge in [0.2, 0.25) is 0 Å². The van der Waals surface area contributed by atoms with Crippen LogP contribution in [0.15, 0.2) is 42.7 Å². The summed E-state index contributed by atoms with van der Waals surface area (Å²) in [6.45, 7) is 3.27. The van der Waals surface area contributed by atoms with Crippen LogP contribution in [0, 0.1) is 0 Å². The number of rotatable bonds is 4. The van der Waals surface area contributed by atoms with E-state index in [1.165, 1.54) is 11.7 Å². The summed E-state index contributed by atoms with van der Waals surface area (Å²) < 4.78 is 0. The van der Waals surface area contributed by atoms with Gasteiger partial charge in [0.05, 0.1) is 0 Å². The van der Waals surface area contributed by atoms with E-state index in [9.17, 15) is 0 Å². The van der Waals surface area contributed by atoms with E-state index in [1.54, 1.807) is 0 Å². The second-order valence-electron chi connectivity index (χ2n) is 4.05. The lowest BCUT2D eigenvalue weighted by Crippen LogP contribution is -2.32. The zero-order chi connectivity index (χ0) is 11.4. The third-order valence-corrected chi connectivity index (χ3v) is 4.30. The summed E-state index contributed by atoms with van der Waals surface area (Å²) in [6.07, 6.45) is 5.64. The summed E-state index contributed by atoms with van der Waals surface area (Å²) in [5.74, 6) is 0.560. The highest BCUT2D eigenvalue weighted by atomic mass is 31.1. The van der Waals surface area contributed by atoms with Gasteiger partial charge in [0.1, 0.15) is 5.91 Å². The van der Waals surface area contributed by atoms with Crippen molar-refractivity contribution in [3.63, 3.8) is 0 Å². The first kappa shape index (κ1) is 11.5. The first-order chi connectivity index (χ1) is 7.81. The maximum atomic E-state index is 2.43. The molecule has 2 unspecified atom stereocenters. The second kappa shape index (κ2) is 5.36. The normalized spacial score (nSPS) is 20.2. The summed E-state index contributed by atoms with van der Waals surface area (Å²) in [5, 5.41) is 0. The molecule has 2 rings (SSSR count). The van der Waals surface area contributed by atoms with Crippen LogP contribution in [0.3, 0.4) is 0 Å². The maximum Gasteiger partial charge on any atom is 0.117 e. The van der Waals surface area contributed by atoms with E-state index in [-0.39, 0.29) is 0 Å². The minimum atomic E-state index is 0.560. The van der Waals surface area contributed by atoms with E-state index in [1.807, 2.05) is 0 Å². The van der Waals surface area contributed by atoms with Crippen LogP contribution in [0.4, 0.5) is 0 Å². The quantitative estimate of drug-likeness (QED) is 0.739. The fourth-order valence-corrected chi connectivity index (χ4v) is 3.12. The Bertz CT molecular complexity index is 350. The van der Waals surface area contributed by atoms with Gasteiger partial charge in [-0.15, -0.1) is 0 Å². The van der Waals surface area contributed by atoms with Crippen LogP contribution in [0.2, 0.25) is 0 Å². The van der Waals surface area contributed by atoms with Crippen LogP contribution >= 0.6 is 8.58 Å². The molecule has 16 heavy (non-hydrogen) atoms. The summed E-state index contributed by atoms with van der Waals surface area (Å²) in [4.78, 5) is 4.74. The monoisotopic (exact) mass is 234 g/mol. The standard InChI is InChI=1S/C13H19N2P/c1-3-16-13-14(2)9-10-15(13)11-12-7-5-4-6-8-12/h4-10,13,16H,3,11H2,1-2H3. The number of hydrogen-bond acceptors (Lipinski definition) is 2. The number of hydrogen-bond donors (Lipinski definition) is 0. The Morgan fingerprint density at radius 2 is 1.94 bits per heavy atom. The molecule has 1 aliphatic rings. The molecule has 1 aromatic carbocycles. The zero-order valence-corrected chi connectivity index (χ0v) is 10.9. The van der Waals surface area contributed by atoms with E-state index in [4.69, 9.17) is 0 Å². The molecule has 2 atom stereocenters. The molecule has 0 spiro atoms. The Morgan fingerprint density at radius 3 is 2.62 bits per heavy atom. The van der Waals surface area contributed by atoms with Crippen LogP contribution in [0.5, 0.6) is 0 Å². The van der Waals surface area contributed by atoms with Gasteiger partial charge in [-0.25, -0.2) is 0 Å². The van der Waals surface area contributed by atoms with Crippen molar-refractivity contribution in [1.82, 2.24) is 9.80 Å². The Kier molecular flexibility index (Phi) is 3.84. The van der Waals surface area contributed by atoms with Crippen LogP contribution in [0.25, 0.3) is 0 Å². The van der Waals surface area contributed by atoms with Crippen molar-refractivity contribution in [2.75, 3.05) is 13.2 Å². The summed E-state index contributed by atoms with van der Waals surface area (Å²) >= 11 is 0. The van der Waals surface area contributed by atoms with Gasteiger partial charge in [-0.1, -0.05) is 45.8 Å². The Hall–Kier alpha value is -1.01. The van der Waals surface area contributed by atoms with Crippen LogP contribution < -0.4 is 0 Å². The van der Waals surface area contributed by atoms with E-state index in [0.717, 1.165) is 15.1 Å². The van der Waals surface area contributed by atoms with E-state index in [0.29, 0.717) is 5.91 Å². The minimum absolute atomic E-state index is 0.560. The van der Waals surface area contributed by atoms with Crippen molar-refractivity contribution >= 4 is 8.58 Å². The molecule has 1 heterocycles. The highest BCUT2D eigenvalue weighted by Crippen LogP contribution is 2.30. The largest absolute Gasteiger partial charge is 0.356 e. The van der Waals surface area contributed by atoms with Crippen molar-refractivity contribution < 1.29 is 0 Å². The average Bonchev–Trinajstić information content (AvgIpc) is 2.64. The molecule has 0 aromatic heterocycles. The van der Waals surface area contributed by atoms with Gasteiger partial charge >= 0.3 is 0 Å². The highest BCUT2D eigenvalue weighted by Gasteiger charge is 2.22. The molecule has 0 saturated heterocycles. The molecule has 2 nitrogen and oxygen atoms in total.